The Hall–Kier alpha value is -1.47. The molecule has 0 aliphatic carbocycles. The van der Waals surface area contributed by atoms with Gasteiger partial charge >= 0.3 is 5.97 Å². The van der Waals surface area contributed by atoms with Gasteiger partial charge in [0.1, 0.15) is 6.54 Å². The molecule has 1 aliphatic heterocycles. The highest BCUT2D eigenvalue weighted by molar-refractivity contribution is 7.07. The summed E-state index contributed by atoms with van der Waals surface area (Å²) in [6, 6.07) is 1.90. The number of aliphatic carboxylic acids is 1. The summed E-state index contributed by atoms with van der Waals surface area (Å²) in [6.07, 6.45) is -0.322. The van der Waals surface area contributed by atoms with E-state index < -0.39 is 5.97 Å². The van der Waals surface area contributed by atoms with E-state index in [0.717, 1.165) is 5.56 Å². The highest BCUT2D eigenvalue weighted by atomic mass is 32.1. The number of hydrogen-bond donors (Lipinski definition) is 2. The molecule has 2 heterocycles. The van der Waals surface area contributed by atoms with Crippen molar-refractivity contribution in [3.8, 4) is 0 Å². The summed E-state index contributed by atoms with van der Waals surface area (Å²) in [5.74, 6) is -0.912. The van der Waals surface area contributed by atoms with Crippen molar-refractivity contribution in [1.29, 1.82) is 0 Å². The molecular weight excluding hydrogens is 204 g/mol. The van der Waals surface area contributed by atoms with Gasteiger partial charge in [0.05, 0.1) is 0 Å². The molecule has 1 atom stereocenters. The number of nitrogens with zero attached hydrogens (tertiary/aromatic N) is 3. The van der Waals surface area contributed by atoms with E-state index in [1.807, 2.05) is 16.8 Å². The minimum atomic E-state index is -0.912. The molecule has 1 aromatic heterocycles. The number of thiophene rings is 1. The third-order valence-electron chi connectivity index (χ3n) is 1.78. The zero-order chi connectivity index (χ0) is 9.97. The molecule has 2 N–H and O–H groups in total. The van der Waals surface area contributed by atoms with Crippen LogP contribution in [0, 0.1) is 0 Å². The first-order valence-electron chi connectivity index (χ1n) is 3.93. The Balaban J connectivity index is 2.10. The molecule has 0 radical (unpaired) electrons. The monoisotopic (exact) mass is 212 g/mol. The van der Waals surface area contributed by atoms with Gasteiger partial charge in [-0.2, -0.15) is 16.3 Å². The normalized spacial score (nSPS) is 21.0. The fraction of sp³-hybridized carbons (Fsp3) is 0.286. The number of hydrogen-bond acceptors (Lipinski definition) is 6. The van der Waals surface area contributed by atoms with Crippen molar-refractivity contribution in [2.45, 2.75) is 6.17 Å². The minimum Gasteiger partial charge on any atom is -0.480 e. The van der Waals surface area contributed by atoms with Gasteiger partial charge < -0.3 is 5.11 Å². The first-order chi connectivity index (χ1) is 6.77. The number of rotatable bonds is 3. The van der Waals surface area contributed by atoms with Crippen molar-refractivity contribution >= 4 is 17.3 Å². The van der Waals surface area contributed by atoms with Gasteiger partial charge in [0.15, 0.2) is 6.17 Å². The topological polar surface area (TPSA) is 77.3 Å². The molecule has 14 heavy (non-hydrogen) atoms. The second-order valence-corrected chi connectivity index (χ2v) is 3.55. The molecule has 0 aromatic carbocycles. The lowest BCUT2D eigenvalue weighted by molar-refractivity contribution is -0.139. The maximum Gasteiger partial charge on any atom is 0.319 e. The minimum absolute atomic E-state index is 0.131. The number of carboxylic acids is 1. The van der Waals surface area contributed by atoms with E-state index in [2.05, 4.69) is 15.9 Å². The van der Waals surface area contributed by atoms with Crippen LogP contribution in [0.1, 0.15) is 11.7 Å². The predicted octanol–water partition coefficient (Wildman–Crippen LogP) is 1.02. The molecule has 0 amide bonds. The van der Waals surface area contributed by atoms with Gasteiger partial charge in [0.2, 0.25) is 0 Å². The molecule has 1 aliphatic rings. The van der Waals surface area contributed by atoms with Crippen molar-refractivity contribution in [2.24, 2.45) is 10.3 Å². The Labute approximate surface area is 83.8 Å². The predicted molar refractivity (Wildman–Crippen MR) is 49.4 cm³/mol. The molecule has 7 heteroatoms. The number of carboxylic acid groups (broad SMARTS) is 1. The van der Waals surface area contributed by atoms with E-state index in [0.29, 0.717) is 0 Å². The van der Waals surface area contributed by atoms with Crippen molar-refractivity contribution in [3.05, 3.63) is 22.4 Å². The second kappa shape index (κ2) is 3.72. The second-order valence-electron chi connectivity index (χ2n) is 2.77. The molecule has 6 nitrogen and oxygen atoms in total. The van der Waals surface area contributed by atoms with Crippen molar-refractivity contribution in [3.63, 3.8) is 0 Å². The van der Waals surface area contributed by atoms with Crippen LogP contribution in [0.2, 0.25) is 0 Å². The molecule has 0 bridgehead atoms. The Bertz CT molecular complexity index is 351. The molecule has 2 rings (SSSR count). The van der Waals surface area contributed by atoms with E-state index in [1.165, 1.54) is 5.01 Å². The van der Waals surface area contributed by atoms with Gasteiger partial charge in [-0.3, -0.25) is 4.79 Å². The molecule has 0 spiro atoms. The average molecular weight is 212 g/mol. The summed E-state index contributed by atoms with van der Waals surface area (Å²) in [6.45, 7) is -0.131. The van der Waals surface area contributed by atoms with Gasteiger partial charge in [-0.05, 0) is 16.8 Å². The highest BCUT2D eigenvalue weighted by Crippen LogP contribution is 2.25. The van der Waals surface area contributed by atoms with Crippen LogP contribution in [0.25, 0.3) is 0 Å². The summed E-state index contributed by atoms with van der Waals surface area (Å²) in [4.78, 5) is 10.5. The summed E-state index contributed by atoms with van der Waals surface area (Å²) in [5, 5.41) is 21.4. The zero-order valence-corrected chi connectivity index (χ0v) is 7.94. The largest absolute Gasteiger partial charge is 0.480 e. The Kier molecular flexibility index (Phi) is 2.42. The van der Waals surface area contributed by atoms with Crippen LogP contribution in [0.5, 0.6) is 0 Å². The van der Waals surface area contributed by atoms with Gasteiger partial charge in [-0.25, -0.2) is 5.53 Å². The lowest BCUT2D eigenvalue weighted by Crippen LogP contribution is -2.36. The molecule has 0 saturated heterocycles. The maximum atomic E-state index is 10.5. The molecule has 0 fully saturated rings. The number of hydrazine groups is 1. The van der Waals surface area contributed by atoms with E-state index in [-0.39, 0.29) is 12.7 Å². The average Bonchev–Trinajstić information content (AvgIpc) is 2.70. The zero-order valence-electron chi connectivity index (χ0n) is 7.12. The SMILES string of the molecule is O=C(O)CN1NN=NC1c1ccsc1. The molecule has 74 valence electrons. The van der Waals surface area contributed by atoms with E-state index in [1.54, 1.807) is 11.3 Å². The van der Waals surface area contributed by atoms with Gasteiger partial charge in [-0.1, -0.05) is 5.22 Å². The van der Waals surface area contributed by atoms with Crippen LogP contribution < -0.4 is 5.53 Å². The van der Waals surface area contributed by atoms with Gasteiger partial charge in [0.25, 0.3) is 0 Å². The Morgan fingerprint density at radius 1 is 1.79 bits per heavy atom. The summed E-state index contributed by atoms with van der Waals surface area (Å²) >= 11 is 1.54. The molecular formula is C7H8N4O2S. The van der Waals surface area contributed by atoms with Gasteiger partial charge in [-0.15, -0.1) is 5.11 Å². The number of nitrogens with one attached hydrogen (secondary N) is 1. The fourth-order valence-electron chi connectivity index (χ4n) is 1.19. The smallest absolute Gasteiger partial charge is 0.319 e. The van der Waals surface area contributed by atoms with E-state index in [4.69, 9.17) is 5.11 Å². The van der Waals surface area contributed by atoms with Crippen LogP contribution >= 0.6 is 11.3 Å². The summed E-state index contributed by atoms with van der Waals surface area (Å²) in [5.41, 5.74) is 3.49. The summed E-state index contributed by atoms with van der Waals surface area (Å²) < 4.78 is 0. The van der Waals surface area contributed by atoms with Crippen LogP contribution in [0.3, 0.4) is 0 Å². The maximum absolute atomic E-state index is 10.5. The molecule has 0 saturated carbocycles. The van der Waals surface area contributed by atoms with Crippen LogP contribution in [-0.2, 0) is 4.79 Å². The number of carbonyl (C=O) groups is 1. The van der Waals surface area contributed by atoms with Gasteiger partial charge in [0, 0.05) is 5.56 Å². The fourth-order valence-corrected chi connectivity index (χ4v) is 1.86. The van der Waals surface area contributed by atoms with Crippen molar-refractivity contribution < 1.29 is 9.90 Å². The third kappa shape index (κ3) is 1.73. The molecule has 1 aromatic rings. The van der Waals surface area contributed by atoms with Crippen LogP contribution in [0.15, 0.2) is 27.2 Å². The summed E-state index contributed by atoms with van der Waals surface area (Å²) in [7, 11) is 0. The lowest BCUT2D eigenvalue weighted by Gasteiger charge is -2.17. The van der Waals surface area contributed by atoms with Crippen LogP contribution in [0.4, 0.5) is 0 Å². The first kappa shape index (κ1) is 9.10. The third-order valence-corrected chi connectivity index (χ3v) is 2.48. The van der Waals surface area contributed by atoms with E-state index in [9.17, 15) is 4.79 Å². The standard InChI is InChI=1S/C7H8N4O2S/c12-6(13)3-11-7(8-9-10-11)5-1-2-14-4-5/h1-2,4,7H,3H2,(H,8,10)(H,12,13). The lowest BCUT2D eigenvalue weighted by atomic mass is 10.2. The van der Waals surface area contributed by atoms with E-state index >= 15 is 0 Å². The quantitative estimate of drug-likeness (QED) is 0.784. The molecule has 1 unspecified atom stereocenters. The van der Waals surface area contributed by atoms with Crippen molar-refractivity contribution in [2.75, 3.05) is 6.54 Å². The van der Waals surface area contributed by atoms with Crippen LogP contribution in [-0.4, -0.2) is 22.6 Å². The van der Waals surface area contributed by atoms with Crippen molar-refractivity contribution in [1.82, 2.24) is 10.5 Å². The Morgan fingerprint density at radius 2 is 2.64 bits per heavy atom. The first-order valence-corrected chi connectivity index (χ1v) is 4.87. The highest BCUT2D eigenvalue weighted by Gasteiger charge is 2.26. The Morgan fingerprint density at radius 3 is 3.29 bits per heavy atom.